The van der Waals surface area contributed by atoms with Crippen LogP contribution >= 0.6 is 22.9 Å². The fourth-order valence-electron chi connectivity index (χ4n) is 1.21. The van der Waals surface area contributed by atoms with E-state index >= 15 is 0 Å². The average Bonchev–Trinajstić information content (AvgIpc) is 2.75. The number of thiophene rings is 1. The third-order valence-electron chi connectivity index (χ3n) is 1.90. The molecule has 0 amide bonds. The molecule has 5 heteroatoms. The van der Waals surface area contributed by atoms with Crippen molar-refractivity contribution in [2.45, 2.75) is 13.0 Å². The fraction of sp³-hybridized carbons (Fsp3) is 0.222. The second-order valence-corrected chi connectivity index (χ2v) is 4.74. The molecule has 74 valence electrons. The van der Waals surface area contributed by atoms with Gasteiger partial charge in [-0.3, -0.25) is 5.10 Å². The van der Waals surface area contributed by atoms with E-state index in [0.717, 1.165) is 10.0 Å². The van der Waals surface area contributed by atoms with Crippen LogP contribution in [0.3, 0.4) is 0 Å². The van der Waals surface area contributed by atoms with E-state index in [9.17, 15) is 0 Å². The molecule has 2 aromatic rings. The molecule has 0 bridgehead atoms. The second-order valence-electron chi connectivity index (χ2n) is 2.99. The molecule has 0 aliphatic heterocycles. The number of aromatic nitrogens is 2. The Balaban J connectivity index is 2.06. The normalized spacial score (nSPS) is 12.7. The van der Waals surface area contributed by atoms with Gasteiger partial charge in [0.15, 0.2) is 0 Å². The van der Waals surface area contributed by atoms with Crippen LogP contribution in [0.5, 0.6) is 0 Å². The van der Waals surface area contributed by atoms with Gasteiger partial charge in [0.2, 0.25) is 0 Å². The molecule has 2 rings (SSSR count). The molecule has 2 N–H and O–H groups in total. The van der Waals surface area contributed by atoms with Gasteiger partial charge in [0, 0.05) is 11.1 Å². The highest BCUT2D eigenvalue weighted by Crippen LogP contribution is 2.28. The highest BCUT2D eigenvalue weighted by Gasteiger charge is 2.07. The maximum absolute atomic E-state index is 5.86. The van der Waals surface area contributed by atoms with Crippen LogP contribution in [-0.2, 0) is 0 Å². The minimum Gasteiger partial charge on any atom is -0.375 e. The molecule has 0 radical (unpaired) electrons. The molecule has 1 atom stereocenters. The van der Waals surface area contributed by atoms with Crippen molar-refractivity contribution in [3.8, 4) is 0 Å². The Labute approximate surface area is 91.1 Å². The quantitative estimate of drug-likeness (QED) is 0.845. The number of H-pyrrole nitrogens is 1. The van der Waals surface area contributed by atoms with E-state index in [4.69, 9.17) is 11.6 Å². The van der Waals surface area contributed by atoms with Crippen molar-refractivity contribution < 1.29 is 0 Å². The summed E-state index contributed by atoms with van der Waals surface area (Å²) in [5.74, 6) is 0. The van der Waals surface area contributed by atoms with E-state index in [1.165, 1.54) is 4.88 Å². The number of rotatable bonds is 3. The number of hydrogen-bond donors (Lipinski definition) is 2. The standard InChI is InChI=1S/C9H10ClN3S/c1-6(8-2-3-9(10)14-8)13-7-4-11-12-5-7/h2-6,13H,1H3,(H,11,12). The van der Waals surface area contributed by atoms with Crippen molar-refractivity contribution >= 4 is 28.6 Å². The molecular formula is C9H10ClN3S. The first-order valence-corrected chi connectivity index (χ1v) is 5.45. The van der Waals surface area contributed by atoms with Gasteiger partial charge >= 0.3 is 0 Å². The maximum atomic E-state index is 5.86. The summed E-state index contributed by atoms with van der Waals surface area (Å²) in [6, 6.07) is 4.20. The lowest BCUT2D eigenvalue weighted by atomic mass is 10.3. The summed E-state index contributed by atoms with van der Waals surface area (Å²) in [7, 11) is 0. The number of hydrogen-bond acceptors (Lipinski definition) is 3. The molecule has 3 nitrogen and oxygen atoms in total. The lowest BCUT2D eigenvalue weighted by Crippen LogP contribution is -2.03. The molecule has 0 aliphatic carbocycles. The van der Waals surface area contributed by atoms with Gasteiger partial charge in [-0.15, -0.1) is 11.3 Å². The molecule has 1 unspecified atom stereocenters. The van der Waals surface area contributed by atoms with Crippen LogP contribution < -0.4 is 5.32 Å². The summed E-state index contributed by atoms with van der Waals surface area (Å²) < 4.78 is 0.820. The second kappa shape index (κ2) is 4.02. The van der Waals surface area contributed by atoms with Crippen LogP contribution in [0.25, 0.3) is 0 Å². The number of aromatic amines is 1. The van der Waals surface area contributed by atoms with E-state index in [0.29, 0.717) is 0 Å². The van der Waals surface area contributed by atoms with Crippen molar-refractivity contribution in [2.75, 3.05) is 5.32 Å². The summed E-state index contributed by atoms with van der Waals surface area (Å²) >= 11 is 7.45. The van der Waals surface area contributed by atoms with Gasteiger partial charge in [-0.2, -0.15) is 5.10 Å². The molecule has 0 fully saturated rings. The van der Waals surface area contributed by atoms with Crippen LogP contribution in [0, 0.1) is 0 Å². The molecule has 2 aromatic heterocycles. The number of nitrogens with one attached hydrogen (secondary N) is 2. The third kappa shape index (κ3) is 2.08. The van der Waals surface area contributed by atoms with E-state index in [1.54, 1.807) is 17.5 Å². The van der Waals surface area contributed by atoms with Crippen LogP contribution in [0.1, 0.15) is 17.8 Å². The first-order valence-electron chi connectivity index (χ1n) is 4.26. The van der Waals surface area contributed by atoms with Crippen LogP contribution in [0.4, 0.5) is 5.69 Å². The third-order valence-corrected chi connectivity index (χ3v) is 3.32. The summed E-state index contributed by atoms with van der Waals surface area (Å²) in [6.45, 7) is 2.09. The summed E-state index contributed by atoms with van der Waals surface area (Å²) in [4.78, 5) is 1.22. The van der Waals surface area contributed by atoms with Crippen LogP contribution in [0.15, 0.2) is 24.5 Å². The number of nitrogens with zero attached hydrogens (tertiary/aromatic N) is 1. The fourth-order valence-corrected chi connectivity index (χ4v) is 2.28. The summed E-state index contributed by atoms with van der Waals surface area (Å²) in [6.07, 6.45) is 3.58. The monoisotopic (exact) mass is 227 g/mol. The lowest BCUT2D eigenvalue weighted by Gasteiger charge is -2.10. The smallest absolute Gasteiger partial charge is 0.0932 e. The summed E-state index contributed by atoms with van der Waals surface area (Å²) in [5.41, 5.74) is 0.988. The minimum absolute atomic E-state index is 0.255. The van der Waals surface area contributed by atoms with Crippen LogP contribution in [0.2, 0.25) is 4.34 Å². The van der Waals surface area contributed by atoms with Crippen molar-refractivity contribution in [1.29, 1.82) is 0 Å². The zero-order chi connectivity index (χ0) is 9.97. The Hall–Kier alpha value is -1.000. The average molecular weight is 228 g/mol. The van der Waals surface area contributed by atoms with Gasteiger partial charge in [0.05, 0.1) is 22.3 Å². The predicted molar refractivity (Wildman–Crippen MR) is 60.0 cm³/mol. The first kappa shape index (κ1) is 9.55. The van der Waals surface area contributed by atoms with Crippen molar-refractivity contribution in [1.82, 2.24) is 10.2 Å². The largest absolute Gasteiger partial charge is 0.375 e. The first-order chi connectivity index (χ1) is 6.75. The van der Waals surface area contributed by atoms with Crippen molar-refractivity contribution in [2.24, 2.45) is 0 Å². The zero-order valence-corrected chi connectivity index (χ0v) is 9.19. The minimum atomic E-state index is 0.255. The van der Waals surface area contributed by atoms with Crippen molar-refractivity contribution in [3.05, 3.63) is 33.7 Å². The predicted octanol–water partition coefficient (Wildman–Crippen LogP) is 3.30. The Morgan fingerprint density at radius 3 is 3.00 bits per heavy atom. The van der Waals surface area contributed by atoms with E-state index < -0.39 is 0 Å². The Morgan fingerprint density at radius 1 is 1.57 bits per heavy atom. The molecule has 0 aliphatic rings. The van der Waals surface area contributed by atoms with Gasteiger partial charge in [-0.05, 0) is 19.1 Å². The number of anilines is 1. The molecular weight excluding hydrogens is 218 g/mol. The molecule has 2 heterocycles. The highest BCUT2D eigenvalue weighted by atomic mass is 35.5. The Bertz CT molecular complexity index is 396. The Morgan fingerprint density at radius 2 is 2.43 bits per heavy atom. The maximum Gasteiger partial charge on any atom is 0.0932 e. The molecule has 0 saturated heterocycles. The van der Waals surface area contributed by atoms with Crippen molar-refractivity contribution in [3.63, 3.8) is 0 Å². The molecule has 0 spiro atoms. The van der Waals surface area contributed by atoms with E-state index in [-0.39, 0.29) is 6.04 Å². The SMILES string of the molecule is CC(Nc1cn[nH]c1)c1ccc(Cl)s1. The van der Waals surface area contributed by atoms with Crippen LogP contribution in [-0.4, -0.2) is 10.2 Å². The van der Waals surface area contributed by atoms with Gasteiger partial charge in [-0.1, -0.05) is 11.6 Å². The molecule has 14 heavy (non-hydrogen) atoms. The van der Waals surface area contributed by atoms with Gasteiger partial charge < -0.3 is 5.32 Å². The number of halogens is 1. The highest BCUT2D eigenvalue weighted by molar-refractivity contribution is 7.16. The zero-order valence-electron chi connectivity index (χ0n) is 7.62. The molecule has 0 aromatic carbocycles. The topological polar surface area (TPSA) is 40.7 Å². The Kier molecular flexibility index (Phi) is 2.74. The lowest BCUT2D eigenvalue weighted by molar-refractivity contribution is 0.908. The summed E-state index contributed by atoms with van der Waals surface area (Å²) in [5, 5.41) is 9.93. The molecule has 0 saturated carbocycles. The van der Waals surface area contributed by atoms with Gasteiger partial charge in [0.25, 0.3) is 0 Å². The van der Waals surface area contributed by atoms with E-state index in [2.05, 4.69) is 22.4 Å². The van der Waals surface area contributed by atoms with E-state index in [1.807, 2.05) is 18.3 Å². The van der Waals surface area contributed by atoms with Gasteiger partial charge in [0.1, 0.15) is 0 Å². The van der Waals surface area contributed by atoms with Gasteiger partial charge in [-0.25, -0.2) is 0 Å².